The molecule has 0 fully saturated rings. The molecule has 4 nitrogen and oxygen atoms in total. The van der Waals surface area contributed by atoms with E-state index in [1.54, 1.807) is 13.8 Å². The SMILES string of the molecule is CC(C)(O)c1ccc(S(C)(=O)=O)c(O)c1. The number of hydrogen-bond acceptors (Lipinski definition) is 4. The Labute approximate surface area is 89.1 Å². The Bertz CT molecular complexity index is 469. The van der Waals surface area contributed by atoms with Crippen LogP contribution in [0.25, 0.3) is 0 Å². The number of sulfone groups is 1. The highest BCUT2D eigenvalue weighted by molar-refractivity contribution is 7.90. The number of rotatable bonds is 2. The van der Waals surface area contributed by atoms with E-state index < -0.39 is 15.4 Å². The molecule has 0 radical (unpaired) electrons. The molecule has 1 aromatic rings. The Hall–Kier alpha value is -1.07. The third kappa shape index (κ3) is 2.70. The molecule has 1 aromatic carbocycles. The Morgan fingerprint density at radius 3 is 2.13 bits per heavy atom. The van der Waals surface area contributed by atoms with Crippen molar-refractivity contribution >= 4 is 9.84 Å². The molecule has 0 saturated carbocycles. The minimum atomic E-state index is -3.43. The van der Waals surface area contributed by atoms with E-state index in [2.05, 4.69) is 0 Å². The average molecular weight is 230 g/mol. The molecule has 0 aliphatic carbocycles. The van der Waals surface area contributed by atoms with Gasteiger partial charge in [0, 0.05) is 6.26 Å². The first-order chi connectivity index (χ1) is 6.62. The number of phenols is 1. The van der Waals surface area contributed by atoms with Gasteiger partial charge in [-0.3, -0.25) is 0 Å². The van der Waals surface area contributed by atoms with Crippen molar-refractivity contribution < 1.29 is 18.6 Å². The van der Waals surface area contributed by atoms with Gasteiger partial charge in [0.15, 0.2) is 9.84 Å². The summed E-state index contributed by atoms with van der Waals surface area (Å²) in [6, 6.07) is 4.03. The summed E-state index contributed by atoms with van der Waals surface area (Å²) in [6.07, 6.45) is 1.02. The summed E-state index contributed by atoms with van der Waals surface area (Å²) in [4.78, 5) is -0.129. The summed E-state index contributed by atoms with van der Waals surface area (Å²) < 4.78 is 22.4. The topological polar surface area (TPSA) is 74.6 Å². The first-order valence-electron chi connectivity index (χ1n) is 4.38. The molecule has 0 aliphatic rings. The fourth-order valence-electron chi connectivity index (χ4n) is 1.21. The van der Waals surface area contributed by atoms with Crippen molar-refractivity contribution in [3.8, 4) is 5.75 Å². The van der Waals surface area contributed by atoms with Crippen molar-refractivity contribution in [2.24, 2.45) is 0 Å². The van der Waals surface area contributed by atoms with Crippen LogP contribution in [0.1, 0.15) is 19.4 Å². The van der Waals surface area contributed by atoms with Gasteiger partial charge in [-0.1, -0.05) is 6.07 Å². The predicted molar refractivity (Wildman–Crippen MR) is 56.5 cm³/mol. The maximum absolute atomic E-state index is 11.2. The van der Waals surface area contributed by atoms with E-state index in [4.69, 9.17) is 0 Å². The molecular weight excluding hydrogens is 216 g/mol. The molecule has 0 aromatic heterocycles. The summed E-state index contributed by atoms with van der Waals surface area (Å²) in [6.45, 7) is 3.11. The lowest BCUT2D eigenvalue weighted by molar-refractivity contribution is 0.0782. The van der Waals surface area contributed by atoms with Crippen molar-refractivity contribution in [2.45, 2.75) is 24.3 Å². The molecule has 2 N–H and O–H groups in total. The van der Waals surface area contributed by atoms with Gasteiger partial charge in [-0.15, -0.1) is 0 Å². The standard InChI is InChI=1S/C10H14O4S/c1-10(2,12)7-4-5-9(8(11)6-7)15(3,13)14/h4-6,11-12H,1-3H3. The normalized spacial score (nSPS) is 12.8. The van der Waals surface area contributed by atoms with E-state index in [-0.39, 0.29) is 10.6 Å². The second-order valence-corrected chi connectivity index (χ2v) is 6.00. The second kappa shape index (κ2) is 3.50. The quantitative estimate of drug-likeness (QED) is 0.795. The van der Waals surface area contributed by atoms with E-state index >= 15 is 0 Å². The summed E-state index contributed by atoms with van der Waals surface area (Å²) in [5.41, 5.74) is -0.638. The van der Waals surface area contributed by atoms with Crippen molar-refractivity contribution in [3.63, 3.8) is 0 Å². The van der Waals surface area contributed by atoms with E-state index in [1.165, 1.54) is 18.2 Å². The van der Waals surface area contributed by atoms with E-state index in [1.807, 2.05) is 0 Å². The van der Waals surface area contributed by atoms with E-state index in [9.17, 15) is 18.6 Å². The number of aliphatic hydroxyl groups is 1. The van der Waals surface area contributed by atoms with Crippen LogP contribution in [0.2, 0.25) is 0 Å². The lowest BCUT2D eigenvalue weighted by Gasteiger charge is -2.18. The zero-order valence-corrected chi connectivity index (χ0v) is 9.67. The first-order valence-corrected chi connectivity index (χ1v) is 6.27. The summed E-state index contributed by atoms with van der Waals surface area (Å²) in [5, 5.41) is 19.1. The van der Waals surface area contributed by atoms with E-state index in [0.717, 1.165) is 6.26 Å². The van der Waals surface area contributed by atoms with Gasteiger partial charge in [-0.05, 0) is 31.5 Å². The molecule has 15 heavy (non-hydrogen) atoms. The van der Waals surface area contributed by atoms with Gasteiger partial charge in [0.05, 0.1) is 5.60 Å². The number of hydrogen-bond donors (Lipinski definition) is 2. The third-order valence-electron chi connectivity index (χ3n) is 2.06. The first kappa shape index (κ1) is 12.0. The minimum Gasteiger partial charge on any atom is -0.507 e. The minimum absolute atomic E-state index is 0.129. The van der Waals surface area contributed by atoms with Crippen LogP contribution in [-0.4, -0.2) is 24.9 Å². The number of phenolic OH excluding ortho intramolecular Hbond substituents is 1. The molecule has 0 spiro atoms. The predicted octanol–water partition coefficient (Wildman–Crippen LogP) is 1.02. The summed E-state index contributed by atoms with van der Waals surface area (Å²) in [5.74, 6) is -0.336. The summed E-state index contributed by atoms with van der Waals surface area (Å²) >= 11 is 0. The maximum atomic E-state index is 11.2. The molecule has 0 heterocycles. The lowest BCUT2D eigenvalue weighted by atomic mass is 9.98. The van der Waals surface area contributed by atoms with Crippen LogP contribution in [0.5, 0.6) is 5.75 Å². The molecule has 0 aliphatic heterocycles. The van der Waals surface area contributed by atoms with Crippen molar-refractivity contribution in [1.29, 1.82) is 0 Å². The Morgan fingerprint density at radius 2 is 1.80 bits per heavy atom. The molecule has 0 atom stereocenters. The smallest absolute Gasteiger partial charge is 0.179 e. The Balaban J connectivity index is 3.34. The van der Waals surface area contributed by atoms with Gasteiger partial charge in [0.1, 0.15) is 10.6 Å². The maximum Gasteiger partial charge on any atom is 0.179 e. The van der Waals surface area contributed by atoms with Gasteiger partial charge in [0.2, 0.25) is 0 Å². The molecular formula is C10H14O4S. The Morgan fingerprint density at radius 1 is 1.27 bits per heavy atom. The van der Waals surface area contributed by atoms with Crippen LogP contribution in [-0.2, 0) is 15.4 Å². The molecule has 84 valence electrons. The van der Waals surface area contributed by atoms with Crippen LogP contribution in [0.3, 0.4) is 0 Å². The highest BCUT2D eigenvalue weighted by Crippen LogP contribution is 2.28. The van der Waals surface area contributed by atoms with Crippen molar-refractivity contribution in [1.82, 2.24) is 0 Å². The van der Waals surface area contributed by atoms with Crippen LogP contribution in [0.15, 0.2) is 23.1 Å². The van der Waals surface area contributed by atoms with Crippen LogP contribution in [0.4, 0.5) is 0 Å². The van der Waals surface area contributed by atoms with Crippen molar-refractivity contribution in [3.05, 3.63) is 23.8 Å². The largest absolute Gasteiger partial charge is 0.507 e. The zero-order chi connectivity index (χ0) is 11.9. The van der Waals surface area contributed by atoms with Gasteiger partial charge in [0.25, 0.3) is 0 Å². The molecule has 0 amide bonds. The molecule has 5 heteroatoms. The monoisotopic (exact) mass is 230 g/mol. The average Bonchev–Trinajstić information content (AvgIpc) is 1.99. The van der Waals surface area contributed by atoms with Gasteiger partial charge >= 0.3 is 0 Å². The lowest BCUT2D eigenvalue weighted by Crippen LogP contribution is -2.15. The van der Waals surface area contributed by atoms with Crippen LogP contribution >= 0.6 is 0 Å². The molecule has 0 saturated heterocycles. The molecule has 0 bridgehead atoms. The molecule has 1 rings (SSSR count). The fraction of sp³-hybridized carbons (Fsp3) is 0.400. The highest BCUT2D eigenvalue weighted by atomic mass is 32.2. The highest BCUT2D eigenvalue weighted by Gasteiger charge is 2.20. The molecule has 0 unspecified atom stereocenters. The number of benzene rings is 1. The van der Waals surface area contributed by atoms with Crippen molar-refractivity contribution in [2.75, 3.05) is 6.26 Å². The van der Waals surface area contributed by atoms with E-state index in [0.29, 0.717) is 5.56 Å². The van der Waals surface area contributed by atoms with Gasteiger partial charge < -0.3 is 10.2 Å². The van der Waals surface area contributed by atoms with Crippen LogP contribution < -0.4 is 0 Å². The number of aromatic hydroxyl groups is 1. The third-order valence-corrected chi connectivity index (χ3v) is 3.21. The fourth-order valence-corrected chi connectivity index (χ4v) is 1.97. The Kier molecular flexibility index (Phi) is 2.80. The zero-order valence-electron chi connectivity index (χ0n) is 8.85. The second-order valence-electron chi connectivity index (χ2n) is 4.01. The van der Waals surface area contributed by atoms with Gasteiger partial charge in [-0.2, -0.15) is 0 Å². The van der Waals surface area contributed by atoms with Gasteiger partial charge in [-0.25, -0.2) is 8.42 Å². The summed E-state index contributed by atoms with van der Waals surface area (Å²) in [7, 11) is -3.43. The van der Waals surface area contributed by atoms with Crippen LogP contribution in [0, 0.1) is 0 Å².